The number of aliphatic carboxylic acids is 1. The van der Waals surface area contributed by atoms with Gasteiger partial charge in [0.15, 0.2) is 5.76 Å². The van der Waals surface area contributed by atoms with Gasteiger partial charge in [-0.3, -0.25) is 9.59 Å². The lowest BCUT2D eigenvalue weighted by molar-refractivity contribution is -0.137. The monoisotopic (exact) mass is 540 g/mol. The fourth-order valence-electron chi connectivity index (χ4n) is 4.24. The van der Waals surface area contributed by atoms with Crippen molar-refractivity contribution in [2.75, 3.05) is 5.32 Å². The molecule has 2 N–H and O–H groups in total. The van der Waals surface area contributed by atoms with E-state index in [1.807, 2.05) is 12.3 Å². The molecular formula is C27H29ClN4O4S. The van der Waals surface area contributed by atoms with Crippen molar-refractivity contribution in [2.45, 2.75) is 70.6 Å². The number of hydrogen-bond acceptors (Lipinski definition) is 7. The smallest absolute Gasteiger partial charge is 0.303 e. The zero-order chi connectivity index (χ0) is 26.5. The van der Waals surface area contributed by atoms with Crippen LogP contribution in [-0.2, 0) is 16.0 Å². The van der Waals surface area contributed by atoms with E-state index in [1.165, 1.54) is 6.07 Å². The highest BCUT2D eigenvalue weighted by Gasteiger charge is 2.36. The third-order valence-corrected chi connectivity index (χ3v) is 7.72. The number of hydrogen-bond donors (Lipinski definition) is 2. The number of nitriles is 1. The first-order valence-corrected chi connectivity index (χ1v) is 13.6. The third kappa shape index (κ3) is 6.96. The van der Waals surface area contributed by atoms with Gasteiger partial charge in [0.25, 0.3) is 0 Å². The van der Waals surface area contributed by atoms with Crippen molar-refractivity contribution in [2.24, 2.45) is 5.92 Å². The van der Waals surface area contributed by atoms with Crippen LogP contribution >= 0.6 is 22.9 Å². The Labute approximate surface area is 224 Å². The number of halogens is 1. The first kappa shape index (κ1) is 26.8. The number of aromatic nitrogens is 2. The van der Waals surface area contributed by atoms with Gasteiger partial charge >= 0.3 is 5.97 Å². The van der Waals surface area contributed by atoms with Crippen LogP contribution in [0.1, 0.15) is 86.0 Å². The number of carbonyl (C=O) groups excluding carboxylic acids is 1. The van der Waals surface area contributed by atoms with E-state index in [4.69, 9.17) is 21.4 Å². The van der Waals surface area contributed by atoms with Crippen LogP contribution in [0.15, 0.2) is 28.9 Å². The Balaban J connectivity index is 1.58. The molecule has 3 aromatic rings. The maximum Gasteiger partial charge on any atom is 0.303 e. The van der Waals surface area contributed by atoms with E-state index in [2.05, 4.69) is 29.3 Å². The van der Waals surface area contributed by atoms with Crippen molar-refractivity contribution in [3.05, 3.63) is 51.2 Å². The molecule has 2 aromatic heterocycles. The number of thiazole rings is 1. The molecular weight excluding hydrogens is 512 g/mol. The number of amides is 1. The Morgan fingerprint density at radius 3 is 2.76 bits per heavy atom. The summed E-state index contributed by atoms with van der Waals surface area (Å²) in [5.41, 5.74) is 2.40. The normalized spacial score (nSPS) is 13.9. The predicted octanol–water partition coefficient (Wildman–Crippen LogP) is 6.77. The van der Waals surface area contributed by atoms with Crippen molar-refractivity contribution in [1.29, 1.82) is 5.26 Å². The van der Waals surface area contributed by atoms with Gasteiger partial charge in [-0.05, 0) is 62.1 Å². The van der Waals surface area contributed by atoms with Gasteiger partial charge < -0.3 is 14.9 Å². The van der Waals surface area contributed by atoms with Gasteiger partial charge in [0.05, 0.1) is 37.9 Å². The van der Waals surface area contributed by atoms with Crippen LogP contribution in [0.2, 0.25) is 5.02 Å². The van der Waals surface area contributed by atoms with Crippen molar-refractivity contribution in [3.63, 3.8) is 0 Å². The number of rotatable bonds is 12. The number of nitrogens with one attached hydrogen (secondary N) is 1. The first-order chi connectivity index (χ1) is 17.7. The zero-order valence-corrected chi connectivity index (χ0v) is 22.4. The summed E-state index contributed by atoms with van der Waals surface area (Å²) in [7, 11) is 0. The lowest BCUT2D eigenvalue weighted by Crippen LogP contribution is -2.17. The highest BCUT2D eigenvalue weighted by molar-refractivity contribution is 7.15. The Hall–Kier alpha value is -3.22. The van der Waals surface area contributed by atoms with Gasteiger partial charge in [-0.15, -0.1) is 11.3 Å². The van der Waals surface area contributed by atoms with Crippen LogP contribution in [0, 0.1) is 17.2 Å². The summed E-state index contributed by atoms with van der Waals surface area (Å²) in [5, 5.41) is 26.8. The Bertz CT molecular complexity index is 1320. The molecule has 0 bridgehead atoms. The maximum atomic E-state index is 13.0. The first-order valence-electron chi connectivity index (χ1n) is 12.4. The van der Waals surface area contributed by atoms with Crippen LogP contribution in [0.5, 0.6) is 0 Å². The molecule has 2 heterocycles. The summed E-state index contributed by atoms with van der Waals surface area (Å²) in [6, 6.07) is 6.64. The van der Waals surface area contributed by atoms with Crippen molar-refractivity contribution in [1.82, 2.24) is 10.1 Å². The molecule has 0 spiro atoms. The number of nitrogens with zero attached hydrogens (tertiary/aromatic N) is 3. The summed E-state index contributed by atoms with van der Waals surface area (Å²) in [6.45, 7) is 4.37. The Morgan fingerprint density at radius 1 is 1.32 bits per heavy atom. The van der Waals surface area contributed by atoms with E-state index in [-0.39, 0.29) is 36.1 Å². The Morgan fingerprint density at radius 2 is 2.11 bits per heavy atom. The van der Waals surface area contributed by atoms with Gasteiger partial charge in [-0.2, -0.15) is 5.26 Å². The number of carboxylic acids is 1. The molecule has 1 amide bonds. The number of anilines is 1. The zero-order valence-electron chi connectivity index (χ0n) is 20.8. The van der Waals surface area contributed by atoms with E-state index < -0.39 is 11.9 Å². The lowest BCUT2D eigenvalue weighted by Gasteiger charge is -2.16. The van der Waals surface area contributed by atoms with Crippen LogP contribution in [0.3, 0.4) is 0 Å². The van der Waals surface area contributed by atoms with E-state index in [0.717, 1.165) is 41.1 Å². The van der Waals surface area contributed by atoms with E-state index in [1.54, 1.807) is 23.5 Å². The Kier molecular flexibility index (Phi) is 8.62. The van der Waals surface area contributed by atoms with Crippen molar-refractivity contribution in [3.8, 4) is 16.7 Å². The summed E-state index contributed by atoms with van der Waals surface area (Å²) < 4.78 is 5.84. The fraction of sp³-hybridized carbons (Fsp3) is 0.444. The topological polar surface area (TPSA) is 129 Å². The second kappa shape index (κ2) is 11.9. The van der Waals surface area contributed by atoms with Gasteiger partial charge in [0, 0.05) is 30.5 Å². The molecule has 0 unspecified atom stereocenters. The minimum atomic E-state index is -0.936. The summed E-state index contributed by atoms with van der Waals surface area (Å²) in [5.74, 6) is -0.139. The molecule has 0 radical (unpaired) electrons. The third-order valence-electron chi connectivity index (χ3n) is 6.35. The van der Waals surface area contributed by atoms with Crippen molar-refractivity contribution >= 4 is 40.5 Å². The van der Waals surface area contributed by atoms with E-state index in [9.17, 15) is 14.7 Å². The largest absolute Gasteiger partial charge is 0.481 e. The molecule has 1 saturated carbocycles. The maximum absolute atomic E-state index is 13.0. The summed E-state index contributed by atoms with van der Waals surface area (Å²) >= 11 is 7.82. The predicted molar refractivity (Wildman–Crippen MR) is 142 cm³/mol. The molecule has 1 fully saturated rings. The molecule has 0 saturated heterocycles. The molecule has 4 rings (SSSR count). The van der Waals surface area contributed by atoms with Crippen LogP contribution < -0.4 is 5.32 Å². The van der Waals surface area contributed by atoms with Gasteiger partial charge in [-0.1, -0.05) is 30.6 Å². The number of aryl methyl sites for hydroxylation is 1. The number of benzene rings is 1. The molecule has 37 heavy (non-hydrogen) atoms. The SMILES string of the molecule is CC(C)CCc1ncc(-c2onc([C@@H](CCC(=O)O)CC(=O)Nc3ccc(C#N)cc3Cl)c2C2CC2)s1. The second-order valence-corrected chi connectivity index (χ2v) is 11.3. The molecule has 1 aromatic carbocycles. The summed E-state index contributed by atoms with van der Waals surface area (Å²) in [4.78, 5) is 29.9. The van der Waals surface area contributed by atoms with E-state index >= 15 is 0 Å². The molecule has 1 aliphatic carbocycles. The molecule has 8 nitrogen and oxygen atoms in total. The van der Waals surface area contributed by atoms with E-state index in [0.29, 0.717) is 28.6 Å². The highest BCUT2D eigenvalue weighted by atomic mass is 35.5. The molecule has 0 aliphatic heterocycles. The molecule has 1 aliphatic rings. The average molecular weight is 541 g/mol. The van der Waals surface area contributed by atoms with Gasteiger partial charge in [-0.25, -0.2) is 4.98 Å². The lowest BCUT2D eigenvalue weighted by atomic mass is 9.90. The average Bonchev–Trinajstić information content (AvgIpc) is 3.42. The van der Waals surface area contributed by atoms with Crippen LogP contribution in [-0.4, -0.2) is 27.1 Å². The van der Waals surface area contributed by atoms with Gasteiger partial charge in [0.1, 0.15) is 0 Å². The van der Waals surface area contributed by atoms with Crippen LogP contribution in [0.4, 0.5) is 5.69 Å². The quantitative estimate of drug-likeness (QED) is 0.259. The molecule has 10 heteroatoms. The second-order valence-electron chi connectivity index (χ2n) is 9.82. The molecule has 1 atom stereocenters. The molecule has 194 valence electrons. The minimum Gasteiger partial charge on any atom is -0.481 e. The standard InChI is InChI=1S/C27H29ClN4O4S/c1-15(2)3-9-23-30-14-21(37-23)27-25(17-5-6-17)26(32-36-27)18(7-10-24(34)35)12-22(33)31-20-8-4-16(13-29)11-19(20)28/h4,8,11,14-15,17-18H,3,5-7,9-10,12H2,1-2H3,(H,31,33)(H,34,35)/t18-/m0/s1. The number of carboxylic acid groups (broad SMARTS) is 1. The minimum absolute atomic E-state index is 0.0254. The summed E-state index contributed by atoms with van der Waals surface area (Å²) in [6.07, 6.45) is 5.96. The fourth-order valence-corrected chi connectivity index (χ4v) is 5.39. The van der Waals surface area contributed by atoms with Crippen LogP contribution in [0.25, 0.3) is 10.6 Å². The van der Waals surface area contributed by atoms with Gasteiger partial charge in [0.2, 0.25) is 5.91 Å². The highest BCUT2D eigenvalue weighted by Crippen LogP contribution is 2.49. The number of carbonyl (C=O) groups is 2. The van der Waals surface area contributed by atoms with Crippen molar-refractivity contribution < 1.29 is 19.2 Å².